The summed E-state index contributed by atoms with van der Waals surface area (Å²) < 4.78 is 0. The van der Waals surface area contributed by atoms with E-state index in [0.717, 1.165) is 19.3 Å². The normalized spacial score (nSPS) is 20.4. The highest BCUT2D eigenvalue weighted by Crippen LogP contribution is 2.55. The number of terminal acetylenes is 1. The van der Waals surface area contributed by atoms with E-state index < -0.39 is 0 Å². The lowest BCUT2D eigenvalue weighted by atomic mass is 9.67. The SMILES string of the molecule is C#CCCCC1C(C(C)(C)C2C=Cc3ccccc32)=Cc2ccccc21. The van der Waals surface area contributed by atoms with E-state index in [2.05, 4.69) is 86.5 Å². The first-order chi connectivity index (χ1) is 12.6. The summed E-state index contributed by atoms with van der Waals surface area (Å²) in [4.78, 5) is 0. The molecule has 0 aromatic heterocycles. The van der Waals surface area contributed by atoms with Crippen molar-refractivity contribution in [2.24, 2.45) is 5.41 Å². The predicted molar refractivity (Wildman–Crippen MR) is 112 cm³/mol. The third-order valence-electron chi connectivity index (χ3n) is 6.19. The Bertz CT molecular complexity index is 917. The minimum Gasteiger partial charge on any atom is -0.120 e. The minimum atomic E-state index is 0.0724. The summed E-state index contributed by atoms with van der Waals surface area (Å²) in [5, 5.41) is 0. The zero-order chi connectivity index (χ0) is 18.1. The fourth-order valence-corrected chi connectivity index (χ4v) is 4.81. The predicted octanol–water partition coefficient (Wildman–Crippen LogP) is 6.81. The largest absolute Gasteiger partial charge is 0.120 e. The molecule has 0 saturated carbocycles. The van der Waals surface area contributed by atoms with E-state index in [4.69, 9.17) is 6.42 Å². The highest BCUT2D eigenvalue weighted by Gasteiger charge is 2.41. The number of benzene rings is 2. The number of hydrogen-bond donors (Lipinski definition) is 0. The average molecular weight is 338 g/mol. The van der Waals surface area contributed by atoms with Gasteiger partial charge in [0.05, 0.1) is 0 Å². The molecule has 4 rings (SSSR count). The summed E-state index contributed by atoms with van der Waals surface area (Å²) in [6, 6.07) is 17.7. The van der Waals surface area contributed by atoms with Crippen LogP contribution in [0.15, 0.2) is 60.2 Å². The molecule has 0 fully saturated rings. The van der Waals surface area contributed by atoms with Gasteiger partial charge in [-0.15, -0.1) is 12.3 Å². The molecule has 2 aromatic carbocycles. The van der Waals surface area contributed by atoms with Gasteiger partial charge in [0.1, 0.15) is 0 Å². The zero-order valence-corrected chi connectivity index (χ0v) is 15.7. The summed E-state index contributed by atoms with van der Waals surface area (Å²) in [5.74, 6) is 3.71. The lowest BCUT2D eigenvalue weighted by Gasteiger charge is -2.37. The van der Waals surface area contributed by atoms with E-state index in [9.17, 15) is 0 Å². The van der Waals surface area contributed by atoms with Crippen molar-refractivity contribution < 1.29 is 0 Å². The van der Waals surface area contributed by atoms with Gasteiger partial charge in [0.2, 0.25) is 0 Å². The fourth-order valence-electron chi connectivity index (χ4n) is 4.81. The number of allylic oxidation sites excluding steroid dienone is 2. The number of rotatable bonds is 5. The molecule has 26 heavy (non-hydrogen) atoms. The van der Waals surface area contributed by atoms with Gasteiger partial charge in [0.25, 0.3) is 0 Å². The molecule has 0 spiro atoms. The first-order valence-corrected chi connectivity index (χ1v) is 9.64. The van der Waals surface area contributed by atoms with Gasteiger partial charge in [0.15, 0.2) is 0 Å². The molecule has 0 radical (unpaired) electrons. The summed E-state index contributed by atoms with van der Waals surface area (Å²) in [7, 11) is 0. The van der Waals surface area contributed by atoms with Crippen LogP contribution in [0.2, 0.25) is 0 Å². The van der Waals surface area contributed by atoms with Gasteiger partial charge in [0, 0.05) is 18.3 Å². The molecule has 0 heterocycles. The quantitative estimate of drug-likeness (QED) is 0.415. The monoisotopic (exact) mass is 338 g/mol. The Morgan fingerprint density at radius 1 is 0.962 bits per heavy atom. The standard InChI is InChI=1S/C26H26/c1-4-5-6-15-23-21-13-9-8-12-20(21)18-25(23)26(2,3)24-17-16-19-11-7-10-14-22(19)24/h1,7-14,16-18,23-24H,5-6,15H2,2-3H3. The van der Waals surface area contributed by atoms with Crippen LogP contribution in [0, 0.1) is 17.8 Å². The van der Waals surface area contributed by atoms with E-state index >= 15 is 0 Å². The van der Waals surface area contributed by atoms with Gasteiger partial charge in [-0.05, 0) is 40.5 Å². The molecule has 0 aliphatic heterocycles. The van der Waals surface area contributed by atoms with Crippen LogP contribution in [0.25, 0.3) is 12.2 Å². The van der Waals surface area contributed by atoms with Gasteiger partial charge in [-0.25, -0.2) is 0 Å². The third kappa shape index (κ3) is 2.73. The van der Waals surface area contributed by atoms with Gasteiger partial charge in [-0.1, -0.05) is 86.2 Å². The Labute approximate surface area is 157 Å². The van der Waals surface area contributed by atoms with E-state index in [1.165, 1.54) is 22.3 Å². The van der Waals surface area contributed by atoms with Gasteiger partial charge in [-0.2, -0.15) is 0 Å². The lowest BCUT2D eigenvalue weighted by molar-refractivity contribution is 0.374. The number of unbranched alkanes of at least 4 members (excludes halogenated alkanes) is 1. The zero-order valence-electron chi connectivity index (χ0n) is 15.7. The summed E-state index contributed by atoms with van der Waals surface area (Å²) >= 11 is 0. The molecule has 130 valence electrons. The second-order valence-corrected chi connectivity index (χ2v) is 8.06. The smallest absolute Gasteiger partial charge is 0.0116 e. The molecule has 0 N–H and O–H groups in total. The van der Waals surface area contributed by atoms with Crippen molar-refractivity contribution >= 4 is 12.2 Å². The van der Waals surface area contributed by atoms with Crippen molar-refractivity contribution in [3.8, 4) is 12.3 Å². The van der Waals surface area contributed by atoms with Crippen LogP contribution in [-0.4, -0.2) is 0 Å². The van der Waals surface area contributed by atoms with E-state index in [1.807, 2.05) is 0 Å². The molecule has 2 unspecified atom stereocenters. The molecule has 2 aliphatic rings. The Balaban J connectivity index is 1.71. The first kappa shape index (κ1) is 16.9. The van der Waals surface area contributed by atoms with Crippen LogP contribution in [0.4, 0.5) is 0 Å². The Morgan fingerprint density at radius 2 is 1.65 bits per heavy atom. The molecule has 0 amide bonds. The average Bonchev–Trinajstić information content (AvgIpc) is 3.24. The van der Waals surface area contributed by atoms with Crippen LogP contribution >= 0.6 is 0 Å². The summed E-state index contributed by atoms with van der Waals surface area (Å²) in [6.45, 7) is 4.83. The number of fused-ring (bicyclic) bond motifs is 2. The van der Waals surface area contributed by atoms with Gasteiger partial charge in [-0.3, -0.25) is 0 Å². The van der Waals surface area contributed by atoms with Crippen molar-refractivity contribution in [3.63, 3.8) is 0 Å². The van der Waals surface area contributed by atoms with Crippen molar-refractivity contribution in [3.05, 3.63) is 82.4 Å². The highest BCUT2D eigenvalue weighted by atomic mass is 14.4. The van der Waals surface area contributed by atoms with Crippen molar-refractivity contribution in [2.45, 2.75) is 44.9 Å². The third-order valence-corrected chi connectivity index (χ3v) is 6.19. The fraction of sp³-hybridized carbons (Fsp3) is 0.308. The molecule has 2 aliphatic carbocycles. The molecule has 0 heteroatoms. The molecule has 0 saturated heterocycles. The molecule has 0 nitrogen and oxygen atoms in total. The van der Waals surface area contributed by atoms with E-state index in [-0.39, 0.29) is 5.41 Å². The van der Waals surface area contributed by atoms with Crippen LogP contribution < -0.4 is 0 Å². The van der Waals surface area contributed by atoms with Crippen LogP contribution in [0.1, 0.15) is 67.2 Å². The number of hydrogen-bond acceptors (Lipinski definition) is 0. The lowest BCUT2D eigenvalue weighted by Crippen LogP contribution is -2.25. The topological polar surface area (TPSA) is 0 Å². The van der Waals surface area contributed by atoms with E-state index in [0.29, 0.717) is 11.8 Å². The maximum absolute atomic E-state index is 5.51. The van der Waals surface area contributed by atoms with Crippen LogP contribution in [0.5, 0.6) is 0 Å². The van der Waals surface area contributed by atoms with Crippen molar-refractivity contribution in [1.82, 2.24) is 0 Å². The molecular weight excluding hydrogens is 312 g/mol. The Kier molecular flexibility index (Phi) is 4.33. The van der Waals surface area contributed by atoms with Gasteiger partial charge < -0.3 is 0 Å². The second-order valence-electron chi connectivity index (χ2n) is 8.06. The Hall–Kier alpha value is -2.52. The van der Waals surface area contributed by atoms with Crippen LogP contribution in [-0.2, 0) is 0 Å². The van der Waals surface area contributed by atoms with Crippen LogP contribution in [0.3, 0.4) is 0 Å². The maximum Gasteiger partial charge on any atom is 0.0116 e. The minimum absolute atomic E-state index is 0.0724. The first-order valence-electron chi connectivity index (χ1n) is 9.64. The summed E-state index contributed by atoms with van der Waals surface area (Å²) in [6.07, 6.45) is 15.7. The highest BCUT2D eigenvalue weighted by molar-refractivity contribution is 5.70. The second kappa shape index (κ2) is 6.65. The van der Waals surface area contributed by atoms with Gasteiger partial charge >= 0.3 is 0 Å². The summed E-state index contributed by atoms with van der Waals surface area (Å²) in [5.41, 5.74) is 7.31. The van der Waals surface area contributed by atoms with Crippen molar-refractivity contribution in [1.29, 1.82) is 0 Å². The Morgan fingerprint density at radius 3 is 2.42 bits per heavy atom. The molecule has 2 atom stereocenters. The van der Waals surface area contributed by atoms with Crippen molar-refractivity contribution in [2.75, 3.05) is 0 Å². The molecule has 2 aromatic rings. The maximum atomic E-state index is 5.51. The molecule has 0 bridgehead atoms. The van der Waals surface area contributed by atoms with E-state index in [1.54, 1.807) is 5.57 Å². The molecular formula is C26H26.